The molecule has 2 amide bonds. The Hall–Kier alpha value is -1.84. The summed E-state index contributed by atoms with van der Waals surface area (Å²) in [7, 11) is 0. The van der Waals surface area contributed by atoms with Gasteiger partial charge in [-0.25, -0.2) is 0 Å². The summed E-state index contributed by atoms with van der Waals surface area (Å²) < 4.78 is 0. The van der Waals surface area contributed by atoms with Gasteiger partial charge in [0.1, 0.15) is 0 Å². The zero-order valence-corrected chi connectivity index (χ0v) is 13.5. The average Bonchev–Trinajstić information content (AvgIpc) is 2.56. The highest BCUT2D eigenvalue weighted by Crippen LogP contribution is 2.16. The molecule has 0 bridgehead atoms. The Morgan fingerprint density at radius 3 is 2.45 bits per heavy atom. The van der Waals surface area contributed by atoms with Crippen molar-refractivity contribution in [3.05, 3.63) is 35.9 Å². The Balaban J connectivity index is 1.80. The average molecular weight is 302 g/mol. The van der Waals surface area contributed by atoms with Crippen molar-refractivity contribution in [2.24, 2.45) is 5.92 Å². The number of piperidine rings is 1. The van der Waals surface area contributed by atoms with Crippen molar-refractivity contribution < 1.29 is 9.59 Å². The summed E-state index contributed by atoms with van der Waals surface area (Å²) in [5, 5.41) is 3.07. The van der Waals surface area contributed by atoms with Gasteiger partial charge in [-0.1, -0.05) is 38.5 Å². The summed E-state index contributed by atoms with van der Waals surface area (Å²) in [5.74, 6) is 0.347. The van der Waals surface area contributed by atoms with E-state index in [1.54, 1.807) is 0 Å². The smallest absolute Gasteiger partial charge is 0.251 e. The lowest BCUT2D eigenvalue weighted by molar-refractivity contribution is -0.136. The number of rotatable bonds is 5. The fourth-order valence-electron chi connectivity index (χ4n) is 2.97. The number of nitrogens with zero attached hydrogens (tertiary/aromatic N) is 1. The molecule has 120 valence electrons. The van der Waals surface area contributed by atoms with Gasteiger partial charge in [0.05, 0.1) is 0 Å². The number of likely N-dealkylation sites (tertiary alicyclic amines) is 1. The molecule has 0 aliphatic carbocycles. The Bertz CT molecular complexity index is 493. The largest absolute Gasteiger partial charge is 0.349 e. The second-order valence-corrected chi connectivity index (χ2v) is 6.13. The minimum Gasteiger partial charge on any atom is -0.349 e. The SMILES string of the molecule is CCCC(C)C(=O)N1CCC(NC(=O)c2ccccc2)CC1. The van der Waals surface area contributed by atoms with Gasteiger partial charge in [-0.05, 0) is 31.4 Å². The zero-order valence-electron chi connectivity index (χ0n) is 13.5. The first-order valence-electron chi connectivity index (χ1n) is 8.26. The summed E-state index contributed by atoms with van der Waals surface area (Å²) >= 11 is 0. The number of benzene rings is 1. The van der Waals surface area contributed by atoms with Gasteiger partial charge < -0.3 is 10.2 Å². The van der Waals surface area contributed by atoms with Crippen molar-refractivity contribution >= 4 is 11.8 Å². The Morgan fingerprint density at radius 1 is 1.23 bits per heavy atom. The molecule has 1 aliphatic rings. The van der Waals surface area contributed by atoms with E-state index in [1.165, 1.54) is 0 Å². The summed E-state index contributed by atoms with van der Waals surface area (Å²) in [6, 6.07) is 9.44. The number of hydrogen-bond acceptors (Lipinski definition) is 2. The van der Waals surface area contributed by atoms with Crippen molar-refractivity contribution in [3.8, 4) is 0 Å². The van der Waals surface area contributed by atoms with Crippen LogP contribution in [0, 0.1) is 5.92 Å². The maximum atomic E-state index is 12.3. The van der Waals surface area contributed by atoms with E-state index < -0.39 is 0 Å². The molecule has 0 radical (unpaired) electrons. The lowest BCUT2D eigenvalue weighted by Crippen LogP contribution is -2.47. The molecule has 0 spiro atoms. The molecule has 1 aromatic rings. The van der Waals surface area contributed by atoms with Gasteiger partial charge in [-0.3, -0.25) is 9.59 Å². The van der Waals surface area contributed by atoms with Crippen LogP contribution in [0.3, 0.4) is 0 Å². The summed E-state index contributed by atoms with van der Waals surface area (Å²) in [6.07, 6.45) is 3.66. The minimum atomic E-state index is -0.0234. The monoisotopic (exact) mass is 302 g/mol. The number of amides is 2. The number of hydrogen-bond donors (Lipinski definition) is 1. The van der Waals surface area contributed by atoms with Crippen molar-refractivity contribution in [1.29, 1.82) is 0 Å². The predicted octanol–water partition coefficient (Wildman–Crippen LogP) is 2.84. The molecule has 4 nitrogen and oxygen atoms in total. The van der Waals surface area contributed by atoms with Gasteiger partial charge in [0.2, 0.25) is 5.91 Å². The number of carbonyl (C=O) groups excluding carboxylic acids is 2. The topological polar surface area (TPSA) is 49.4 Å². The third-order valence-corrected chi connectivity index (χ3v) is 4.32. The Labute approximate surface area is 132 Å². The molecule has 22 heavy (non-hydrogen) atoms. The van der Waals surface area contributed by atoms with E-state index in [4.69, 9.17) is 0 Å². The quantitative estimate of drug-likeness (QED) is 0.909. The van der Waals surface area contributed by atoms with Gasteiger partial charge in [-0.15, -0.1) is 0 Å². The molecule has 1 unspecified atom stereocenters. The fraction of sp³-hybridized carbons (Fsp3) is 0.556. The van der Waals surface area contributed by atoms with Gasteiger partial charge in [0.25, 0.3) is 5.91 Å². The Morgan fingerprint density at radius 2 is 1.86 bits per heavy atom. The van der Waals surface area contributed by atoms with E-state index in [1.807, 2.05) is 42.2 Å². The van der Waals surface area contributed by atoms with Crippen LogP contribution >= 0.6 is 0 Å². The van der Waals surface area contributed by atoms with Crippen LogP contribution in [-0.2, 0) is 4.79 Å². The van der Waals surface area contributed by atoms with Crippen LogP contribution in [0.5, 0.6) is 0 Å². The molecule has 1 saturated heterocycles. The highest BCUT2D eigenvalue weighted by molar-refractivity contribution is 5.94. The molecular formula is C18H26N2O2. The molecule has 4 heteroatoms. The van der Waals surface area contributed by atoms with Crippen LogP contribution in [0.15, 0.2) is 30.3 Å². The van der Waals surface area contributed by atoms with Crippen LogP contribution in [0.2, 0.25) is 0 Å². The van der Waals surface area contributed by atoms with Crippen molar-refractivity contribution in [3.63, 3.8) is 0 Å². The predicted molar refractivity (Wildman–Crippen MR) is 87.6 cm³/mol. The van der Waals surface area contributed by atoms with Crippen molar-refractivity contribution in [2.75, 3.05) is 13.1 Å². The third-order valence-electron chi connectivity index (χ3n) is 4.32. The highest BCUT2D eigenvalue weighted by Gasteiger charge is 2.26. The van der Waals surface area contributed by atoms with Crippen molar-refractivity contribution in [1.82, 2.24) is 10.2 Å². The van der Waals surface area contributed by atoms with E-state index in [0.29, 0.717) is 5.56 Å². The van der Waals surface area contributed by atoms with Crippen LogP contribution in [0.1, 0.15) is 49.9 Å². The van der Waals surface area contributed by atoms with E-state index in [0.717, 1.165) is 38.8 Å². The fourth-order valence-corrected chi connectivity index (χ4v) is 2.97. The first kappa shape index (κ1) is 16.5. The molecule has 1 N–H and O–H groups in total. The molecule has 1 fully saturated rings. The number of carbonyl (C=O) groups is 2. The second-order valence-electron chi connectivity index (χ2n) is 6.13. The molecule has 2 rings (SSSR count). The first-order valence-corrected chi connectivity index (χ1v) is 8.26. The maximum Gasteiger partial charge on any atom is 0.251 e. The number of nitrogens with one attached hydrogen (secondary N) is 1. The lowest BCUT2D eigenvalue weighted by atomic mass is 10.00. The van der Waals surface area contributed by atoms with Gasteiger partial charge in [-0.2, -0.15) is 0 Å². The van der Waals surface area contributed by atoms with Crippen LogP contribution in [0.4, 0.5) is 0 Å². The van der Waals surface area contributed by atoms with Crippen molar-refractivity contribution in [2.45, 2.75) is 45.6 Å². The standard InChI is InChI=1S/C18H26N2O2/c1-3-7-14(2)18(22)20-12-10-16(11-13-20)19-17(21)15-8-5-4-6-9-15/h4-6,8-9,14,16H,3,7,10-13H2,1-2H3,(H,19,21). The normalized spacial score (nSPS) is 17.1. The maximum absolute atomic E-state index is 12.3. The van der Waals surface area contributed by atoms with Gasteiger partial charge in [0.15, 0.2) is 0 Å². The van der Waals surface area contributed by atoms with Crippen LogP contribution in [-0.4, -0.2) is 35.8 Å². The van der Waals surface area contributed by atoms with Gasteiger partial charge in [0, 0.05) is 30.6 Å². The first-order chi connectivity index (χ1) is 10.6. The molecule has 1 heterocycles. The van der Waals surface area contributed by atoms with Crippen LogP contribution < -0.4 is 5.32 Å². The molecule has 1 aliphatic heterocycles. The highest BCUT2D eigenvalue weighted by atomic mass is 16.2. The molecule has 0 saturated carbocycles. The molecular weight excluding hydrogens is 276 g/mol. The zero-order chi connectivity index (χ0) is 15.9. The molecule has 1 atom stereocenters. The van der Waals surface area contributed by atoms with Crippen LogP contribution in [0.25, 0.3) is 0 Å². The van der Waals surface area contributed by atoms with E-state index in [9.17, 15) is 9.59 Å². The van der Waals surface area contributed by atoms with E-state index >= 15 is 0 Å². The van der Waals surface area contributed by atoms with E-state index in [-0.39, 0.29) is 23.8 Å². The lowest BCUT2D eigenvalue weighted by Gasteiger charge is -2.34. The summed E-state index contributed by atoms with van der Waals surface area (Å²) in [6.45, 7) is 5.60. The summed E-state index contributed by atoms with van der Waals surface area (Å²) in [4.78, 5) is 26.4. The molecule has 1 aromatic carbocycles. The Kier molecular flexibility index (Phi) is 5.99. The van der Waals surface area contributed by atoms with E-state index in [2.05, 4.69) is 12.2 Å². The summed E-state index contributed by atoms with van der Waals surface area (Å²) in [5.41, 5.74) is 0.692. The minimum absolute atomic E-state index is 0.0234. The second kappa shape index (κ2) is 7.97. The van der Waals surface area contributed by atoms with Gasteiger partial charge >= 0.3 is 0 Å². The molecule has 0 aromatic heterocycles. The third kappa shape index (κ3) is 4.33.